The van der Waals surface area contributed by atoms with E-state index in [-0.39, 0.29) is 22.7 Å². The van der Waals surface area contributed by atoms with E-state index in [0.29, 0.717) is 13.2 Å². The van der Waals surface area contributed by atoms with Crippen molar-refractivity contribution >= 4 is 23.2 Å². The number of carbonyl (C=O) groups excluding carboxylic acids is 1. The molecule has 2 heterocycles. The average Bonchev–Trinajstić information content (AvgIpc) is 2.91. The Bertz CT molecular complexity index is 552. The molecule has 1 aromatic heterocycles. The molecule has 1 fully saturated rings. The Morgan fingerprint density at radius 1 is 1.67 bits per heavy atom. The Kier molecular flexibility index (Phi) is 5.08. The number of aromatic nitrogens is 1. The molecule has 0 aromatic carbocycles. The van der Waals surface area contributed by atoms with Gasteiger partial charge in [-0.3, -0.25) is 14.9 Å². The van der Waals surface area contributed by atoms with Gasteiger partial charge in [0, 0.05) is 25.3 Å². The predicted molar refractivity (Wildman–Crippen MR) is 76.4 cm³/mol. The standard InChI is InChI=1S/C13H16ClN3O4/c1-2-10-8(4-6-21-10)7-16-13(18)9-3-5-15-12(14)11(9)17(19)20/h3,5,8,10H,2,4,6-7H2,1H3,(H,16,18). The Balaban J connectivity index is 2.07. The lowest BCUT2D eigenvalue weighted by atomic mass is 9.99. The topological polar surface area (TPSA) is 94.4 Å². The van der Waals surface area contributed by atoms with E-state index in [4.69, 9.17) is 16.3 Å². The fraction of sp³-hybridized carbons (Fsp3) is 0.538. The first kappa shape index (κ1) is 15.7. The first-order chi connectivity index (χ1) is 10.0. The maximum Gasteiger partial charge on any atom is 0.319 e. The van der Waals surface area contributed by atoms with Gasteiger partial charge in [-0.25, -0.2) is 4.98 Å². The van der Waals surface area contributed by atoms with Gasteiger partial charge >= 0.3 is 5.69 Å². The number of hydrogen-bond donors (Lipinski definition) is 1. The van der Waals surface area contributed by atoms with E-state index >= 15 is 0 Å². The molecule has 1 aliphatic rings. The molecule has 114 valence electrons. The summed E-state index contributed by atoms with van der Waals surface area (Å²) in [5.74, 6) is -0.289. The molecule has 2 atom stereocenters. The van der Waals surface area contributed by atoms with Crippen LogP contribution in [-0.4, -0.2) is 35.1 Å². The fourth-order valence-corrected chi connectivity index (χ4v) is 2.71. The van der Waals surface area contributed by atoms with E-state index in [1.54, 1.807) is 0 Å². The van der Waals surface area contributed by atoms with Crippen LogP contribution in [0.2, 0.25) is 5.15 Å². The summed E-state index contributed by atoms with van der Waals surface area (Å²) >= 11 is 5.69. The monoisotopic (exact) mass is 313 g/mol. The number of ether oxygens (including phenoxy) is 1. The zero-order valence-corrected chi connectivity index (χ0v) is 12.3. The van der Waals surface area contributed by atoms with Crippen molar-refractivity contribution in [1.29, 1.82) is 0 Å². The third-order valence-corrected chi connectivity index (χ3v) is 3.86. The van der Waals surface area contributed by atoms with Crippen LogP contribution in [0.25, 0.3) is 0 Å². The molecule has 2 unspecified atom stereocenters. The van der Waals surface area contributed by atoms with E-state index in [2.05, 4.69) is 10.3 Å². The van der Waals surface area contributed by atoms with E-state index in [1.807, 2.05) is 6.92 Å². The van der Waals surface area contributed by atoms with Gasteiger partial charge in [0.15, 0.2) is 0 Å². The average molecular weight is 314 g/mol. The highest BCUT2D eigenvalue weighted by Gasteiger charge is 2.29. The summed E-state index contributed by atoms with van der Waals surface area (Å²) < 4.78 is 5.54. The van der Waals surface area contributed by atoms with Crippen LogP contribution in [0.3, 0.4) is 0 Å². The maximum absolute atomic E-state index is 12.1. The number of hydrogen-bond acceptors (Lipinski definition) is 5. The molecule has 1 aromatic rings. The minimum atomic E-state index is -0.697. The zero-order chi connectivity index (χ0) is 15.4. The number of halogens is 1. The summed E-state index contributed by atoms with van der Waals surface area (Å²) in [7, 11) is 0. The normalized spacial score (nSPS) is 21.2. The van der Waals surface area contributed by atoms with Gasteiger partial charge < -0.3 is 10.1 Å². The number of rotatable bonds is 5. The number of pyridine rings is 1. The zero-order valence-electron chi connectivity index (χ0n) is 11.5. The van der Waals surface area contributed by atoms with Gasteiger partial charge in [0.2, 0.25) is 5.15 Å². The van der Waals surface area contributed by atoms with Crippen molar-refractivity contribution in [1.82, 2.24) is 10.3 Å². The summed E-state index contributed by atoms with van der Waals surface area (Å²) in [5, 5.41) is 13.4. The van der Waals surface area contributed by atoms with Crippen molar-refractivity contribution in [3.05, 3.63) is 33.1 Å². The summed E-state index contributed by atoms with van der Waals surface area (Å²) in [6, 6.07) is 1.29. The Morgan fingerprint density at radius 2 is 2.43 bits per heavy atom. The lowest BCUT2D eigenvalue weighted by molar-refractivity contribution is -0.385. The number of amides is 1. The quantitative estimate of drug-likeness (QED) is 0.511. The predicted octanol–water partition coefficient (Wildman–Crippen LogP) is 2.19. The SMILES string of the molecule is CCC1OCCC1CNC(=O)c1ccnc(Cl)c1[N+](=O)[O-]. The lowest BCUT2D eigenvalue weighted by Gasteiger charge is -2.17. The number of carbonyl (C=O) groups is 1. The van der Waals surface area contributed by atoms with Crippen molar-refractivity contribution in [2.45, 2.75) is 25.9 Å². The second kappa shape index (κ2) is 6.82. The summed E-state index contributed by atoms with van der Waals surface area (Å²) in [5.41, 5.74) is -0.543. The van der Waals surface area contributed by atoms with Crippen LogP contribution >= 0.6 is 11.6 Å². The van der Waals surface area contributed by atoms with Crippen molar-refractivity contribution in [3.63, 3.8) is 0 Å². The van der Waals surface area contributed by atoms with Crippen molar-refractivity contribution in [2.24, 2.45) is 5.92 Å². The van der Waals surface area contributed by atoms with E-state index in [1.165, 1.54) is 12.3 Å². The molecule has 1 amide bonds. The maximum atomic E-state index is 12.1. The van der Waals surface area contributed by atoms with E-state index in [9.17, 15) is 14.9 Å². The first-order valence-corrected chi connectivity index (χ1v) is 7.11. The molecule has 21 heavy (non-hydrogen) atoms. The van der Waals surface area contributed by atoms with Crippen molar-refractivity contribution < 1.29 is 14.5 Å². The van der Waals surface area contributed by atoms with Crippen LogP contribution in [0.5, 0.6) is 0 Å². The van der Waals surface area contributed by atoms with Gasteiger partial charge in [0.1, 0.15) is 5.56 Å². The van der Waals surface area contributed by atoms with Gasteiger partial charge in [-0.2, -0.15) is 0 Å². The van der Waals surface area contributed by atoms with Gasteiger partial charge in [-0.05, 0) is 18.9 Å². The molecule has 1 N–H and O–H groups in total. The second-order valence-electron chi connectivity index (χ2n) is 4.83. The van der Waals surface area contributed by atoms with Crippen molar-refractivity contribution in [3.8, 4) is 0 Å². The van der Waals surface area contributed by atoms with Crippen LogP contribution in [0.15, 0.2) is 12.3 Å². The molecular weight excluding hydrogens is 298 g/mol. The summed E-state index contributed by atoms with van der Waals surface area (Å²) in [6.45, 7) is 3.13. The number of nitrogens with one attached hydrogen (secondary N) is 1. The highest BCUT2D eigenvalue weighted by atomic mass is 35.5. The summed E-state index contributed by atoms with van der Waals surface area (Å²) in [4.78, 5) is 26.1. The molecule has 1 saturated heterocycles. The first-order valence-electron chi connectivity index (χ1n) is 6.73. The number of nitro groups is 1. The molecule has 8 heteroatoms. The van der Waals surface area contributed by atoms with Crippen LogP contribution in [0.1, 0.15) is 30.1 Å². The largest absolute Gasteiger partial charge is 0.378 e. The molecule has 0 bridgehead atoms. The van der Waals surface area contributed by atoms with Gasteiger partial charge in [-0.1, -0.05) is 18.5 Å². The Hall–Kier alpha value is -1.73. The molecule has 7 nitrogen and oxygen atoms in total. The Labute approximate surface area is 126 Å². The van der Waals surface area contributed by atoms with Crippen LogP contribution < -0.4 is 5.32 Å². The van der Waals surface area contributed by atoms with Crippen LogP contribution in [-0.2, 0) is 4.74 Å². The van der Waals surface area contributed by atoms with Crippen LogP contribution in [0.4, 0.5) is 5.69 Å². The van der Waals surface area contributed by atoms with E-state index < -0.39 is 16.5 Å². The molecule has 0 radical (unpaired) electrons. The molecule has 2 rings (SSSR count). The molecule has 0 spiro atoms. The van der Waals surface area contributed by atoms with Crippen molar-refractivity contribution in [2.75, 3.05) is 13.2 Å². The molecule has 0 saturated carbocycles. The van der Waals surface area contributed by atoms with Crippen LogP contribution in [0, 0.1) is 16.0 Å². The smallest absolute Gasteiger partial charge is 0.319 e. The lowest BCUT2D eigenvalue weighted by Crippen LogP contribution is -2.33. The highest BCUT2D eigenvalue weighted by molar-refractivity contribution is 6.32. The Morgan fingerprint density at radius 3 is 3.10 bits per heavy atom. The van der Waals surface area contributed by atoms with Gasteiger partial charge in [0.05, 0.1) is 11.0 Å². The highest BCUT2D eigenvalue weighted by Crippen LogP contribution is 2.26. The fourth-order valence-electron chi connectivity index (χ4n) is 2.48. The molecule has 0 aliphatic carbocycles. The third kappa shape index (κ3) is 3.48. The van der Waals surface area contributed by atoms with E-state index in [0.717, 1.165) is 12.8 Å². The third-order valence-electron chi connectivity index (χ3n) is 3.58. The van der Waals surface area contributed by atoms with Gasteiger partial charge in [0.25, 0.3) is 5.91 Å². The number of nitrogens with zero attached hydrogens (tertiary/aromatic N) is 2. The minimum absolute atomic E-state index is 0.0769. The minimum Gasteiger partial charge on any atom is -0.378 e. The van der Waals surface area contributed by atoms with Gasteiger partial charge in [-0.15, -0.1) is 0 Å². The summed E-state index contributed by atoms with van der Waals surface area (Å²) in [6.07, 6.45) is 3.15. The second-order valence-corrected chi connectivity index (χ2v) is 5.19. The molecule has 1 aliphatic heterocycles. The molecular formula is C13H16ClN3O4.